The molecule has 0 aromatic heterocycles. The first kappa shape index (κ1) is 20.6. The van der Waals surface area contributed by atoms with E-state index in [9.17, 15) is 9.90 Å². The minimum absolute atomic E-state index is 0.162. The van der Waals surface area contributed by atoms with Crippen LogP contribution in [0, 0.1) is 0 Å². The number of phenolic OH excluding ortho intramolecular Hbond substituents is 1. The van der Waals surface area contributed by atoms with Crippen LogP contribution in [0.25, 0.3) is 10.8 Å². The predicted octanol–water partition coefficient (Wildman–Crippen LogP) is 5.49. The van der Waals surface area contributed by atoms with E-state index < -0.39 is 0 Å². The van der Waals surface area contributed by atoms with E-state index >= 15 is 0 Å². The van der Waals surface area contributed by atoms with Gasteiger partial charge >= 0.3 is 0 Å². The lowest BCUT2D eigenvalue weighted by Gasteiger charge is -2.16. The van der Waals surface area contributed by atoms with Gasteiger partial charge in [-0.25, -0.2) is 5.43 Å². The summed E-state index contributed by atoms with van der Waals surface area (Å²) < 4.78 is 0. The highest BCUT2D eigenvalue weighted by Crippen LogP contribution is 2.34. The van der Waals surface area contributed by atoms with Gasteiger partial charge in [-0.15, -0.1) is 0 Å². The summed E-state index contributed by atoms with van der Waals surface area (Å²) in [6.07, 6.45) is 1.90. The molecule has 3 aromatic rings. The van der Waals surface area contributed by atoms with E-state index in [0.29, 0.717) is 5.75 Å². The number of carbonyl (C=O) groups excluding carboxylic acids is 1. The third-order valence-electron chi connectivity index (χ3n) is 5.07. The number of amides is 1. The first-order chi connectivity index (χ1) is 13.9. The van der Waals surface area contributed by atoms with Gasteiger partial charge in [0, 0.05) is 0 Å². The minimum atomic E-state index is -0.162. The molecule has 29 heavy (non-hydrogen) atoms. The quantitative estimate of drug-likeness (QED) is 0.433. The van der Waals surface area contributed by atoms with Crippen LogP contribution in [0.15, 0.2) is 59.7 Å². The van der Waals surface area contributed by atoms with E-state index in [1.807, 2.05) is 82.3 Å². The summed E-state index contributed by atoms with van der Waals surface area (Å²) in [5.74, 6) is 0.584. The Kier molecular flexibility index (Phi) is 6.32. The number of hydrogen-bond donors (Lipinski definition) is 2. The average Bonchev–Trinajstić information content (AvgIpc) is 2.69. The summed E-state index contributed by atoms with van der Waals surface area (Å²) in [5.41, 5.74) is 6.24. The number of fused-ring (bicyclic) bond motifs is 1. The molecule has 0 aliphatic heterocycles. The Hall–Kier alpha value is -3.14. The minimum Gasteiger partial charge on any atom is -0.507 e. The van der Waals surface area contributed by atoms with Crippen LogP contribution in [0.3, 0.4) is 0 Å². The first-order valence-corrected chi connectivity index (χ1v) is 10.0. The fourth-order valence-electron chi connectivity index (χ4n) is 3.50. The molecule has 0 saturated heterocycles. The van der Waals surface area contributed by atoms with Gasteiger partial charge in [-0.2, -0.15) is 5.10 Å². The van der Waals surface area contributed by atoms with Gasteiger partial charge in [-0.3, -0.25) is 4.79 Å². The van der Waals surface area contributed by atoms with Crippen LogP contribution >= 0.6 is 0 Å². The molecule has 0 bridgehead atoms. The Balaban J connectivity index is 1.74. The van der Waals surface area contributed by atoms with Gasteiger partial charge in [0.1, 0.15) is 5.75 Å². The number of nitrogens with one attached hydrogen (secondary N) is 1. The van der Waals surface area contributed by atoms with Crippen molar-refractivity contribution in [1.82, 2.24) is 5.43 Å². The maximum Gasteiger partial charge on any atom is 0.244 e. The monoisotopic (exact) mass is 388 g/mol. The van der Waals surface area contributed by atoms with Crippen molar-refractivity contribution in [3.8, 4) is 5.75 Å². The number of rotatable bonds is 6. The van der Waals surface area contributed by atoms with Crippen molar-refractivity contribution in [2.45, 2.75) is 46.0 Å². The molecule has 3 rings (SSSR count). The van der Waals surface area contributed by atoms with Gasteiger partial charge in [0.15, 0.2) is 0 Å². The molecule has 0 aliphatic rings. The molecule has 0 atom stereocenters. The normalized spacial score (nSPS) is 11.7. The maximum atomic E-state index is 12.4. The third kappa shape index (κ3) is 4.83. The summed E-state index contributed by atoms with van der Waals surface area (Å²) in [5, 5.41) is 16.8. The van der Waals surface area contributed by atoms with Crippen LogP contribution in [-0.2, 0) is 11.2 Å². The van der Waals surface area contributed by atoms with Crippen LogP contribution < -0.4 is 5.43 Å². The van der Waals surface area contributed by atoms with Crippen LogP contribution in [0.4, 0.5) is 0 Å². The summed E-state index contributed by atoms with van der Waals surface area (Å²) in [7, 11) is 0. The van der Waals surface area contributed by atoms with Crippen molar-refractivity contribution in [2.75, 3.05) is 0 Å². The molecule has 0 radical (unpaired) electrons. The van der Waals surface area contributed by atoms with Gasteiger partial charge < -0.3 is 5.11 Å². The summed E-state index contributed by atoms with van der Waals surface area (Å²) in [6.45, 7) is 8.19. The zero-order valence-corrected chi connectivity index (χ0v) is 17.4. The highest BCUT2D eigenvalue weighted by atomic mass is 16.3. The number of benzene rings is 3. The van der Waals surface area contributed by atoms with E-state index in [-0.39, 0.29) is 24.2 Å². The molecule has 4 nitrogen and oxygen atoms in total. The molecule has 0 aliphatic carbocycles. The van der Waals surface area contributed by atoms with Crippen molar-refractivity contribution in [2.24, 2.45) is 5.10 Å². The highest BCUT2D eigenvalue weighted by molar-refractivity contribution is 5.90. The molecule has 0 spiro atoms. The topological polar surface area (TPSA) is 61.7 Å². The van der Waals surface area contributed by atoms with Crippen molar-refractivity contribution < 1.29 is 9.90 Å². The molecule has 3 aromatic carbocycles. The van der Waals surface area contributed by atoms with E-state index in [1.165, 1.54) is 0 Å². The second kappa shape index (κ2) is 8.91. The first-order valence-electron chi connectivity index (χ1n) is 10.0. The second-order valence-corrected chi connectivity index (χ2v) is 7.97. The number of nitrogens with zero attached hydrogens (tertiary/aromatic N) is 1. The number of carbonyl (C=O) groups is 1. The van der Waals surface area contributed by atoms with Crippen LogP contribution in [-0.4, -0.2) is 17.2 Å². The van der Waals surface area contributed by atoms with E-state index in [2.05, 4.69) is 10.5 Å². The van der Waals surface area contributed by atoms with Crippen molar-refractivity contribution in [1.29, 1.82) is 0 Å². The molecule has 0 saturated carbocycles. The molecule has 0 fully saturated rings. The van der Waals surface area contributed by atoms with E-state index in [1.54, 1.807) is 6.21 Å². The predicted molar refractivity (Wildman–Crippen MR) is 120 cm³/mol. The summed E-state index contributed by atoms with van der Waals surface area (Å²) in [6, 6.07) is 17.9. The van der Waals surface area contributed by atoms with Crippen LogP contribution in [0.5, 0.6) is 5.75 Å². The molecule has 4 heteroatoms. The van der Waals surface area contributed by atoms with Crippen LogP contribution in [0.1, 0.15) is 61.8 Å². The number of aromatic hydroxyl groups is 1. The molecule has 0 heterocycles. The molecule has 150 valence electrons. The van der Waals surface area contributed by atoms with Crippen molar-refractivity contribution in [3.63, 3.8) is 0 Å². The lowest BCUT2D eigenvalue weighted by molar-refractivity contribution is -0.120. The Bertz CT molecular complexity index is 1020. The Morgan fingerprint density at radius 1 is 1.00 bits per heavy atom. The zero-order chi connectivity index (χ0) is 21.0. The fourth-order valence-corrected chi connectivity index (χ4v) is 3.50. The SMILES string of the molecule is CC(C)c1cc(/C=N\NC(=O)Cc2cccc3ccccc23)cc(C(C)C)c1O. The van der Waals surface area contributed by atoms with Crippen LogP contribution in [0.2, 0.25) is 0 Å². The standard InChI is InChI=1S/C25H28N2O2/c1-16(2)22-12-18(13-23(17(3)4)25(22)29)15-26-27-24(28)14-20-10-7-9-19-8-5-6-11-21(19)20/h5-13,15-17,29H,14H2,1-4H3,(H,27,28)/b26-15-. The molecular weight excluding hydrogens is 360 g/mol. The fraction of sp³-hybridized carbons (Fsp3) is 0.280. The largest absolute Gasteiger partial charge is 0.507 e. The van der Waals surface area contributed by atoms with E-state index in [0.717, 1.165) is 33.0 Å². The number of hydrazone groups is 1. The zero-order valence-electron chi connectivity index (χ0n) is 17.4. The third-order valence-corrected chi connectivity index (χ3v) is 5.07. The molecular formula is C25H28N2O2. The van der Waals surface area contributed by atoms with Crippen molar-refractivity contribution >= 4 is 22.9 Å². The van der Waals surface area contributed by atoms with Crippen molar-refractivity contribution in [3.05, 3.63) is 76.9 Å². The Labute approximate surface area is 172 Å². The Morgan fingerprint density at radius 2 is 1.62 bits per heavy atom. The van der Waals surface area contributed by atoms with E-state index in [4.69, 9.17) is 0 Å². The lowest BCUT2D eigenvalue weighted by atomic mass is 9.92. The number of hydrogen-bond acceptors (Lipinski definition) is 3. The van der Waals surface area contributed by atoms with Gasteiger partial charge in [0.05, 0.1) is 12.6 Å². The smallest absolute Gasteiger partial charge is 0.244 e. The molecule has 2 N–H and O–H groups in total. The average molecular weight is 389 g/mol. The molecule has 1 amide bonds. The summed E-state index contributed by atoms with van der Waals surface area (Å²) >= 11 is 0. The maximum absolute atomic E-state index is 12.4. The Morgan fingerprint density at radius 3 is 2.28 bits per heavy atom. The van der Waals surface area contributed by atoms with Gasteiger partial charge in [-0.1, -0.05) is 70.2 Å². The van der Waals surface area contributed by atoms with Gasteiger partial charge in [0.2, 0.25) is 5.91 Å². The number of phenols is 1. The lowest BCUT2D eigenvalue weighted by Crippen LogP contribution is -2.20. The summed E-state index contributed by atoms with van der Waals surface area (Å²) in [4.78, 5) is 12.4. The van der Waals surface area contributed by atoms with Gasteiger partial charge in [0.25, 0.3) is 0 Å². The second-order valence-electron chi connectivity index (χ2n) is 7.97. The van der Waals surface area contributed by atoms with Gasteiger partial charge in [-0.05, 0) is 57.0 Å². The molecule has 0 unspecified atom stereocenters. The highest BCUT2D eigenvalue weighted by Gasteiger charge is 2.14.